The van der Waals surface area contributed by atoms with E-state index in [1.807, 2.05) is 6.92 Å². The van der Waals surface area contributed by atoms with Crippen molar-refractivity contribution in [2.75, 3.05) is 25.0 Å². The van der Waals surface area contributed by atoms with Gasteiger partial charge in [-0.25, -0.2) is 9.97 Å². The first-order valence-electron chi connectivity index (χ1n) is 6.87. The van der Waals surface area contributed by atoms with Crippen LogP contribution in [0, 0.1) is 6.92 Å². The van der Waals surface area contributed by atoms with Gasteiger partial charge in [0.05, 0.1) is 0 Å². The van der Waals surface area contributed by atoms with E-state index in [0.717, 1.165) is 30.4 Å². The largest absolute Gasteiger partial charge is 0.340 e. The zero-order valence-corrected chi connectivity index (χ0v) is 11.9. The van der Waals surface area contributed by atoms with Gasteiger partial charge in [0.2, 0.25) is 5.95 Å². The van der Waals surface area contributed by atoms with Gasteiger partial charge in [-0.05, 0) is 38.3 Å². The Labute approximate surface area is 110 Å². The van der Waals surface area contributed by atoms with Crippen LogP contribution in [0.25, 0.3) is 0 Å². The van der Waals surface area contributed by atoms with Crippen molar-refractivity contribution in [3.8, 4) is 0 Å². The van der Waals surface area contributed by atoms with Gasteiger partial charge in [0, 0.05) is 31.0 Å². The molecule has 1 aromatic heterocycles. The fourth-order valence-electron chi connectivity index (χ4n) is 2.36. The van der Waals surface area contributed by atoms with Crippen LogP contribution in [-0.2, 0) is 0 Å². The highest BCUT2D eigenvalue weighted by Crippen LogP contribution is 2.19. The van der Waals surface area contributed by atoms with Gasteiger partial charge in [-0.1, -0.05) is 13.8 Å². The molecule has 0 bridgehead atoms. The summed E-state index contributed by atoms with van der Waals surface area (Å²) in [4.78, 5) is 11.5. The number of aryl methyl sites for hydroxylation is 1. The number of hydrogen-bond acceptors (Lipinski definition) is 4. The number of aromatic nitrogens is 2. The second-order valence-electron chi connectivity index (χ2n) is 5.50. The number of nitrogens with one attached hydrogen (secondary N) is 1. The Morgan fingerprint density at radius 3 is 2.78 bits per heavy atom. The lowest BCUT2D eigenvalue weighted by molar-refractivity contribution is 0.441. The van der Waals surface area contributed by atoms with Crippen molar-refractivity contribution in [2.24, 2.45) is 0 Å². The molecule has 2 heterocycles. The molecule has 1 aromatic rings. The normalized spacial score (nSPS) is 20.2. The van der Waals surface area contributed by atoms with Gasteiger partial charge in [-0.15, -0.1) is 0 Å². The fraction of sp³-hybridized carbons (Fsp3) is 0.714. The number of anilines is 1. The van der Waals surface area contributed by atoms with Gasteiger partial charge in [-0.3, -0.25) is 0 Å². The summed E-state index contributed by atoms with van der Waals surface area (Å²) in [6, 6.07) is 2.60. The molecule has 1 N–H and O–H groups in total. The molecule has 1 aliphatic rings. The molecule has 1 saturated heterocycles. The third-order valence-electron chi connectivity index (χ3n) is 3.59. The zero-order valence-electron chi connectivity index (χ0n) is 11.9. The van der Waals surface area contributed by atoms with Crippen molar-refractivity contribution in [1.82, 2.24) is 15.3 Å². The van der Waals surface area contributed by atoms with Crippen LogP contribution in [0.2, 0.25) is 0 Å². The molecular formula is C14H24N4. The lowest BCUT2D eigenvalue weighted by atomic mass is 10.1. The lowest BCUT2D eigenvalue weighted by Gasteiger charge is -2.32. The maximum atomic E-state index is 4.70. The van der Waals surface area contributed by atoms with Crippen LogP contribution in [0.5, 0.6) is 0 Å². The minimum absolute atomic E-state index is 0.448. The van der Waals surface area contributed by atoms with Crippen molar-refractivity contribution in [3.05, 3.63) is 17.5 Å². The van der Waals surface area contributed by atoms with E-state index < -0.39 is 0 Å². The highest BCUT2D eigenvalue weighted by Gasteiger charge is 2.20. The molecule has 1 fully saturated rings. The predicted octanol–water partition coefficient (Wildman–Crippen LogP) is 2.10. The number of hydrogen-bond donors (Lipinski definition) is 1. The Morgan fingerprint density at radius 2 is 2.17 bits per heavy atom. The molecule has 18 heavy (non-hydrogen) atoms. The second kappa shape index (κ2) is 5.65. The summed E-state index contributed by atoms with van der Waals surface area (Å²) >= 11 is 0. The van der Waals surface area contributed by atoms with E-state index in [1.165, 1.54) is 12.8 Å². The van der Waals surface area contributed by atoms with Crippen LogP contribution in [0.15, 0.2) is 6.07 Å². The number of piperidine rings is 1. The molecule has 0 amide bonds. The summed E-state index contributed by atoms with van der Waals surface area (Å²) < 4.78 is 0. The van der Waals surface area contributed by atoms with Gasteiger partial charge in [0.1, 0.15) is 0 Å². The number of nitrogens with zero attached hydrogens (tertiary/aromatic N) is 3. The highest BCUT2D eigenvalue weighted by atomic mass is 15.3. The Morgan fingerprint density at radius 1 is 1.39 bits per heavy atom. The maximum absolute atomic E-state index is 4.70. The maximum Gasteiger partial charge on any atom is 0.225 e. The molecule has 0 aromatic carbocycles. The number of likely N-dealkylation sites (N-methyl/N-ethyl adjacent to an activating group) is 1. The second-order valence-corrected chi connectivity index (χ2v) is 5.50. The summed E-state index contributed by atoms with van der Waals surface area (Å²) in [5.74, 6) is 1.32. The Hall–Kier alpha value is -1.16. The van der Waals surface area contributed by atoms with Gasteiger partial charge in [0.25, 0.3) is 0 Å². The first-order chi connectivity index (χ1) is 8.58. The van der Waals surface area contributed by atoms with Gasteiger partial charge >= 0.3 is 0 Å². The average Bonchev–Trinajstić information content (AvgIpc) is 2.38. The van der Waals surface area contributed by atoms with E-state index >= 15 is 0 Å². The minimum Gasteiger partial charge on any atom is -0.340 e. The van der Waals surface area contributed by atoms with Crippen LogP contribution in [-0.4, -0.2) is 36.1 Å². The molecule has 4 nitrogen and oxygen atoms in total. The zero-order chi connectivity index (χ0) is 13.1. The standard InChI is InChI=1S/C14H24N4/c1-10(2)13-8-11(3)16-14(17-13)18(4)12-6-5-7-15-9-12/h8,10,12,15H,5-7,9H2,1-4H3. The third kappa shape index (κ3) is 2.99. The van der Waals surface area contributed by atoms with Crippen molar-refractivity contribution in [1.29, 1.82) is 0 Å². The molecule has 0 saturated carbocycles. The summed E-state index contributed by atoms with van der Waals surface area (Å²) in [7, 11) is 2.11. The summed E-state index contributed by atoms with van der Waals surface area (Å²) in [5.41, 5.74) is 2.19. The smallest absolute Gasteiger partial charge is 0.225 e. The van der Waals surface area contributed by atoms with Crippen molar-refractivity contribution in [3.63, 3.8) is 0 Å². The highest BCUT2D eigenvalue weighted by molar-refractivity contribution is 5.33. The van der Waals surface area contributed by atoms with Gasteiger partial charge in [-0.2, -0.15) is 0 Å². The van der Waals surface area contributed by atoms with E-state index in [0.29, 0.717) is 12.0 Å². The topological polar surface area (TPSA) is 41.1 Å². The van der Waals surface area contributed by atoms with Crippen LogP contribution < -0.4 is 10.2 Å². The van der Waals surface area contributed by atoms with Crippen molar-refractivity contribution in [2.45, 2.75) is 45.6 Å². The van der Waals surface area contributed by atoms with Crippen molar-refractivity contribution < 1.29 is 0 Å². The van der Waals surface area contributed by atoms with Gasteiger partial charge in [0.15, 0.2) is 0 Å². The first-order valence-corrected chi connectivity index (χ1v) is 6.87. The molecule has 1 unspecified atom stereocenters. The van der Waals surface area contributed by atoms with Gasteiger partial charge < -0.3 is 10.2 Å². The average molecular weight is 248 g/mol. The van der Waals surface area contributed by atoms with Crippen LogP contribution >= 0.6 is 0 Å². The third-order valence-corrected chi connectivity index (χ3v) is 3.59. The SMILES string of the molecule is Cc1cc(C(C)C)nc(N(C)C2CCCNC2)n1. The van der Waals surface area contributed by atoms with Crippen LogP contribution in [0.3, 0.4) is 0 Å². The van der Waals surface area contributed by atoms with E-state index in [9.17, 15) is 0 Å². The Bertz CT molecular complexity index is 397. The summed E-state index contributed by atoms with van der Waals surface area (Å²) in [5, 5.41) is 3.44. The molecular weight excluding hydrogens is 224 g/mol. The summed E-state index contributed by atoms with van der Waals surface area (Å²) in [6.45, 7) is 8.56. The molecule has 100 valence electrons. The monoisotopic (exact) mass is 248 g/mol. The summed E-state index contributed by atoms with van der Waals surface area (Å²) in [6.07, 6.45) is 2.45. The molecule has 4 heteroatoms. The minimum atomic E-state index is 0.448. The van der Waals surface area contributed by atoms with E-state index in [2.05, 4.69) is 42.2 Å². The molecule has 1 aliphatic heterocycles. The molecule has 2 rings (SSSR count). The molecule has 1 atom stereocenters. The quantitative estimate of drug-likeness (QED) is 0.889. The molecule has 0 radical (unpaired) electrons. The Kier molecular flexibility index (Phi) is 4.17. The lowest BCUT2D eigenvalue weighted by Crippen LogP contribution is -2.45. The van der Waals surface area contributed by atoms with Crippen molar-refractivity contribution >= 4 is 5.95 Å². The van der Waals surface area contributed by atoms with E-state index in [4.69, 9.17) is 4.98 Å². The van der Waals surface area contributed by atoms with Crippen LogP contribution in [0.1, 0.15) is 44.0 Å². The Balaban J connectivity index is 2.20. The van der Waals surface area contributed by atoms with E-state index in [1.54, 1.807) is 0 Å². The van der Waals surface area contributed by atoms with Crippen LogP contribution in [0.4, 0.5) is 5.95 Å². The predicted molar refractivity (Wildman–Crippen MR) is 75.2 cm³/mol. The first kappa shape index (κ1) is 13.3. The number of rotatable bonds is 3. The molecule has 0 aliphatic carbocycles. The van der Waals surface area contributed by atoms with E-state index in [-0.39, 0.29) is 0 Å². The fourth-order valence-corrected chi connectivity index (χ4v) is 2.36. The molecule has 0 spiro atoms.